The van der Waals surface area contributed by atoms with E-state index in [0.717, 1.165) is 23.6 Å². The third-order valence-electron chi connectivity index (χ3n) is 3.74. The van der Waals surface area contributed by atoms with E-state index in [0.29, 0.717) is 12.4 Å². The van der Waals surface area contributed by atoms with Gasteiger partial charge in [0.15, 0.2) is 0 Å². The maximum Gasteiger partial charge on any atom is 0.339 e. The predicted molar refractivity (Wildman–Crippen MR) is 82.7 cm³/mol. The minimum atomic E-state index is -0.950. The van der Waals surface area contributed by atoms with E-state index < -0.39 is 5.97 Å². The van der Waals surface area contributed by atoms with Crippen LogP contribution >= 0.6 is 0 Å². The largest absolute Gasteiger partial charge is 0.478 e. The first-order valence-electron chi connectivity index (χ1n) is 6.86. The molecule has 2 aromatic rings. The number of fused-ring (bicyclic) bond motifs is 1. The second kappa shape index (κ2) is 5.09. The first kappa shape index (κ1) is 13.4. The molecular formula is C16H17N3O2. The van der Waals surface area contributed by atoms with Gasteiger partial charge in [-0.3, -0.25) is 0 Å². The van der Waals surface area contributed by atoms with E-state index in [9.17, 15) is 9.90 Å². The second-order valence-corrected chi connectivity index (χ2v) is 5.19. The molecule has 0 radical (unpaired) electrons. The fraction of sp³-hybridized carbons (Fsp3) is 0.250. The Morgan fingerprint density at radius 3 is 2.57 bits per heavy atom. The first-order valence-corrected chi connectivity index (χ1v) is 6.86. The zero-order chi connectivity index (χ0) is 15.0. The molecule has 0 saturated heterocycles. The van der Waals surface area contributed by atoms with Gasteiger partial charge in [0.2, 0.25) is 0 Å². The number of likely N-dealkylation sites (N-methyl/N-ethyl adjacent to an activating group) is 1. The number of rotatable bonds is 2. The van der Waals surface area contributed by atoms with E-state index >= 15 is 0 Å². The second-order valence-electron chi connectivity index (χ2n) is 5.19. The fourth-order valence-corrected chi connectivity index (χ4v) is 2.64. The standard InChI is InChI=1S/C16H17N3O2/c1-11-7-8-12(16(20)21)15(17-11)19-10-9-18(2)13-5-3-4-6-14(13)19/h3-8H,9-10H2,1-2H3,(H,20,21). The van der Waals surface area contributed by atoms with Crippen molar-refractivity contribution < 1.29 is 9.90 Å². The molecule has 108 valence electrons. The Hall–Kier alpha value is -2.56. The number of aryl methyl sites for hydroxylation is 1. The molecule has 5 heteroatoms. The van der Waals surface area contributed by atoms with Crippen molar-refractivity contribution in [1.29, 1.82) is 0 Å². The van der Waals surface area contributed by atoms with Crippen molar-refractivity contribution in [2.24, 2.45) is 0 Å². The van der Waals surface area contributed by atoms with Crippen LogP contribution in [-0.2, 0) is 0 Å². The van der Waals surface area contributed by atoms with E-state index in [1.807, 2.05) is 43.1 Å². The van der Waals surface area contributed by atoms with Crippen molar-refractivity contribution >= 4 is 23.2 Å². The van der Waals surface area contributed by atoms with Crippen molar-refractivity contribution in [1.82, 2.24) is 4.98 Å². The number of pyridine rings is 1. The highest BCUT2D eigenvalue weighted by molar-refractivity contribution is 5.95. The van der Waals surface area contributed by atoms with Gasteiger partial charge in [-0.1, -0.05) is 12.1 Å². The summed E-state index contributed by atoms with van der Waals surface area (Å²) >= 11 is 0. The van der Waals surface area contributed by atoms with Gasteiger partial charge in [0.25, 0.3) is 0 Å². The zero-order valence-electron chi connectivity index (χ0n) is 12.1. The molecule has 3 rings (SSSR count). The lowest BCUT2D eigenvalue weighted by molar-refractivity contribution is 0.0697. The van der Waals surface area contributed by atoms with E-state index in [2.05, 4.69) is 9.88 Å². The van der Waals surface area contributed by atoms with Crippen LogP contribution in [-0.4, -0.2) is 36.2 Å². The summed E-state index contributed by atoms with van der Waals surface area (Å²) < 4.78 is 0. The summed E-state index contributed by atoms with van der Waals surface area (Å²) in [5, 5.41) is 9.41. The Bertz CT molecular complexity index is 700. The SMILES string of the molecule is Cc1ccc(C(=O)O)c(N2CCN(C)c3ccccc32)n1. The third kappa shape index (κ3) is 2.31. The van der Waals surface area contributed by atoms with E-state index in [1.165, 1.54) is 0 Å². The van der Waals surface area contributed by atoms with Crippen LogP contribution in [0.2, 0.25) is 0 Å². The Morgan fingerprint density at radius 2 is 1.86 bits per heavy atom. The highest BCUT2D eigenvalue weighted by atomic mass is 16.4. The molecule has 1 aliphatic heterocycles. The van der Waals surface area contributed by atoms with Crippen LogP contribution in [0.5, 0.6) is 0 Å². The van der Waals surface area contributed by atoms with Gasteiger partial charge < -0.3 is 14.9 Å². The monoisotopic (exact) mass is 283 g/mol. The summed E-state index contributed by atoms with van der Waals surface area (Å²) in [5.74, 6) is -0.433. The number of hydrogen-bond acceptors (Lipinski definition) is 4. The lowest BCUT2D eigenvalue weighted by Gasteiger charge is -2.36. The molecule has 1 aromatic carbocycles. The van der Waals surface area contributed by atoms with Crippen LogP contribution in [0.1, 0.15) is 16.1 Å². The topological polar surface area (TPSA) is 56.7 Å². The van der Waals surface area contributed by atoms with Crippen LogP contribution in [0.3, 0.4) is 0 Å². The fourth-order valence-electron chi connectivity index (χ4n) is 2.64. The third-order valence-corrected chi connectivity index (χ3v) is 3.74. The summed E-state index contributed by atoms with van der Waals surface area (Å²) in [6.45, 7) is 3.41. The van der Waals surface area contributed by atoms with E-state index in [-0.39, 0.29) is 5.56 Å². The molecule has 21 heavy (non-hydrogen) atoms. The van der Waals surface area contributed by atoms with Crippen molar-refractivity contribution in [3.8, 4) is 0 Å². The molecule has 0 saturated carbocycles. The number of carboxylic acids is 1. The highest BCUT2D eigenvalue weighted by Crippen LogP contribution is 2.37. The van der Waals surface area contributed by atoms with Gasteiger partial charge in [0.1, 0.15) is 11.4 Å². The average Bonchev–Trinajstić information content (AvgIpc) is 2.47. The summed E-state index contributed by atoms with van der Waals surface area (Å²) in [7, 11) is 2.04. The van der Waals surface area contributed by atoms with Gasteiger partial charge in [0.05, 0.1) is 11.4 Å². The summed E-state index contributed by atoms with van der Waals surface area (Å²) in [6.07, 6.45) is 0. The number of anilines is 3. The Labute approximate surface area is 123 Å². The molecule has 2 heterocycles. The molecule has 0 unspecified atom stereocenters. The molecule has 1 N–H and O–H groups in total. The van der Waals surface area contributed by atoms with Crippen molar-refractivity contribution in [2.75, 3.05) is 29.9 Å². The molecule has 0 aliphatic carbocycles. The van der Waals surface area contributed by atoms with Crippen LogP contribution in [0.25, 0.3) is 0 Å². The number of carboxylic acid groups (broad SMARTS) is 1. The number of nitrogens with zero attached hydrogens (tertiary/aromatic N) is 3. The van der Waals surface area contributed by atoms with Gasteiger partial charge in [-0.15, -0.1) is 0 Å². The van der Waals surface area contributed by atoms with Gasteiger partial charge in [0, 0.05) is 25.8 Å². The number of benzene rings is 1. The summed E-state index contributed by atoms with van der Waals surface area (Å²) in [5.41, 5.74) is 3.13. The van der Waals surface area contributed by atoms with E-state index in [4.69, 9.17) is 0 Å². The molecular weight excluding hydrogens is 266 g/mol. The minimum absolute atomic E-state index is 0.236. The van der Waals surface area contributed by atoms with Crippen molar-refractivity contribution in [3.63, 3.8) is 0 Å². The Kier molecular flexibility index (Phi) is 3.25. The number of carbonyl (C=O) groups is 1. The number of para-hydroxylation sites is 2. The van der Waals surface area contributed by atoms with Crippen molar-refractivity contribution in [2.45, 2.75) is 6.92 Å². The molecule has 0 bridgehead atoms. The normalized spacial score (nSPS) is 14.0. The number of aromatic carboxylic acids is 1. The van der Waals surface area contributed by atoms with E-state index in [1.54, 1.807) is 12.1 Å². The molecule has 1 aliphatic rings. The lowest BCUT2D eigenvalue weighted by atomic mass is 10.1. The van der Waals surface area contributed by atoms with Crippen LogP contribution < -0.4 is 9.80 Å². The Balaban J connectivity index is 2.16. The van der Waals surface area contributed by atoms with Gasteiger partial charge in [-0.05, 0) is 31.2 Å². The number of hydrogen-bond donors (Lipinski definition) is 1. The quantitative estimate of drug-likeness (QED) is 0.918. The molecule has 0 atom stereocenters. The van der Waals surface area contributed by atoms with Gasteiger partial charge in [-0.25, -0.2) is 9.78 Å². The van der Waals surface area contributed by atoms with Gasteiger partial charge >= 0.3 is 5.97 Å². The Morgan fingerprint density at radius 1 is 1.14 bits per heavy atom. The molecule has 5 nitrogen and oxygen atoms in total. The summed E-state index contributed by atoms with van der Waals surface area (Å²) in [6, 6.07) is 11.3. The van der Waals surface area contributed by atoms with Gasteiger partial charge in [-0.2, -0.15) is 0 Å². The number of aromatic nitrogens is 1. The molecule has 0 spiro atoms. The molecule has 1 aromatic heterocycles. The zero-order valence-corrected chi connectivity index (χ0v) is 12.1. The van der Waals surface area contributed by atoms with Crippen LogP contribution in [0, 0.1) is 6.92 Å². The lowest BCUT2D eigenvalue weighted by Crippen LogP contribution is -2.37. The molecule has 0 amide bonds. The average molecular weight is 283 g/mol. The smallest absolute Gasteiger partial charge is 0.339 e. The van der Waals surface area contributed by atoms with Crippen molar-refractivity contribution in [3.05, 3.63) is 47.7 Å². The minimum Gasteiger partial charge on any atom is -0.478 e. The van der Waals surface area contributed by atoms with Crippen LogP contribution in [0.4, 0.5) is 17.2 Å². The molecule has 0 fully saturated rings. The maximum absolute atomic E-state index is 11.5. The highest BCUT2D eigenvalue weighted by Gasteiger charge is 2.25. The first-order chi connectivity index (χ1) is 10.1. The van der Waals surface area contributed by atoms with Crippen LogP contribution in [0.15, 0.2) is 36.4 Å². The predicted octanol–water partition coefficient (Wildman–Crippen LogP) is 2.68. The maximum atomic E-state index is 11.5. The summed E-state index contributed by atoms with van der Waals surface area (Å²) in [4.78, 5) is 20.1.